The minimum absolute atomic E-state index is 0.0579. The molecule has 1 aromatic heterocycles. The number of halogens is 1. The summed E-state index contributed by atoms with van der Waals surface area (Å²) in [5.41, 5.74) is 1.08. The monoisotopic (exact) mass is 172 g/mol. The lowest BCUT2D eigenvalue weighted by molar-refractivity contribution is 0.532. The van der Waals surface area contributed by atoms with Crippen LogP contribution in [0.25, 0.3) is 0 Å². The molecule has 0 spiro atoms. The topological polar surface area (TPSA) is 17.8 Å². The largest absolute Gasteiger partial charge is 0.270 e. The molecule has 1 heterocycles. The second-order valence-electron chi connectivity index (χ2n) is 2.96. The Bertz CT molecular complexity index is 205. The smallest absolute Gasteiger partial charge is 0.0588 e. The Labute approximate surface area is 72.2 Å². The molecular formula is C8H13ClN2. The average Bonchev–Trinajstić information content (AvgIpc) is 2.33. The minimum atomic E-state index is 0.0579. The summed E-state index contributed by atoms with van der Waals surface area (Å²) in [6, 6.07) is 0.416. The molecule has 1 unspecified atom stereocenters. The molecule has 0 saturated heterocycles. The molecule has 1 rings (SSSR count). The van der Waals surface area contributed by atoms with Crippen molar-refractivity contribution in [2.24, 2.45) is 0 Å². The summed E-state index contributed by atoms with van der Waals surface area (Å²) >= 11 is 5.87. The first-order valence-corrected chi connectivity index (χ1v) is 4.23. The summed E-state index contributed by atoms with van der Waals surface area (Å²) in [6.45, 7) is 6.13. The van der Waals surface area contributed by atoms with Crippen LogP contribution in [0.2, 0.25) is 0 Å². The van der Waals surface area contributed by atoms with Crippen molar-refractivity contribution in [3.05, 3.63) is 18.0 Å². The van der Waals surface area contributed by atoms with Gasteiger partial charge >= 0.3 is 0 Å². The van der Waals surface area contributed by atoms with E-state index in [1.165, 1.54) is 0 Å². The van der Waals surface area contributed by atoms with Crippen LogP contribution in [0, 0.1) is 0 Å². The first-order chi connectivity index (χ1) is 5.11. The van der Waals surface area contributed by atoms with Crippen molar-refractivity contribution in [3.8, 4) is 0 Å². The van der Waals surface area contributed by atoms with Gasteiger partial charge in [-0.15, -0.1) is 11.6 Å². The molecule has 11 heavy (non-hydrogen) atoms. The van der Waals surface area contributed by atoms with Crippen molar-refractivity contribution in [2.45, 2.75) is 32.2 Å². The standard InChI is InChI=1S/C8H13ClN2/c1-6(2)11-5-8(4-10-11)7(3)9/h4-7H,1-3H3. The van der Waals surface area contributed by atoms with Crippen LogP contribution >= 0.6 is 11.6 Å². The highest BCUT2D eigenvalue weighted by atomic mass is 35.5. The summed E-state index contributed by atoms with van der Waals surface area (Å²) in [4.78, 5) is 0. The van der Waals surface area contributed by atoms with E-state index in [0.29, 0.717) is 6.04 Å². The summed E-state index contributed by atoms with van der Waals surface area (Å²) in [5, 5.41) is 4.23. The Morgan fingerprint density at radius 2 is 2.09 bits per heavy atom. The van der Waals surface area contributed by atoms with Crippen molar-refractivity contribution in [1.82, 2.24) is 9.78 Å². The molecule has 2 nitrogen and oxygen atoms in total. The fraction of sp³-hybridized carbons (Fsp3) is 0.625. The first kappa shape index (κ1) is 8.60. The van der Waals surface area contributed by atoms with Crippen molar-refractivity contribution in [2.75, 3.05) is 0 Å². The maximum atomic E-state index is 5.87. The zero-order valence-corrected chi connectivity index (χ0v) is 7.84. The fourth-order valence-corrected chi connectivity index (χ4v) is 0.953. The maximum absolute atomic E-state index is 5.87. The van der Waals surface area contributed by atoms with E-state index in [1.807, 2.05) is 24.0 Å². The molecule has 0 saturated carbocycles. The quantitative estimate of drug-likeness (QED) is 0.628. The number of hydrogen-bond acceptors (Lipinski definition) is 1. The fourth-order valence-electron chi connectivity index (χ4n) is 0.841. The maximum Gasteiger partial charge on any atom is 0.0588 e. The van der Waals surface area contributed by atoms with Crippen LogP contribution in [0.4, 0.5) is 0 Å². The molecule has 0 aliphatic carbocycles. The third kappa shape index (κ3) is 1.96. The molecule has 0 amide bonds. The van der Waals surface area contributed by atoms with Crippen LogP contribution in [-0.2, 0) is 0 Å². The summed E-state index contributed by atoms with van der Waals surface area (Å²) in [7, 11) is 0. The van der Waals surface area contributed by atoms with Gasteiger partial charge in [-0.25, -0.2) is 0 Å². The molecule has 3 heteroatoms. The number of hydrogen-bond donors (Lipinski definition) is 0. The lowest BCUT2D eigenvalue weighted by atomic mass is 10.3. The summed E-state index contributed by atoms with van der Waals surface area (Å²) < 4.78 is 1.91. The first-order valence-electron chi connectivity index (χ1n) is 3.79. The van der Waals surface area contributed by atoms with Crippen LogP contribution in [-0.4, -0.2) is 9.78 Å². The Balaban J connectivity index is 2.82. The van der Waals surface area contributed by atoms with Gasteiger partial charge in [0.25, 0.3) is 0 Å². The SMILES string of the molecule is CC(Cl)c1cnn(C(C)C)c1. The molecule has 0 fully saturated rings. The number of nitrogens with zero attached hydrogens (tertiary/aromatic N) is 2. The van der Waals surface area contributed by atoms with E-state index in [1.54, 1.807) is 0 Å². The highest BCUT2D eigenvalue weighted by Crippen LogP contribution is 2.19. The Hall–Kier alpha value is -0.500. The van der Waals surface area contributed by atoms with E-state index in [2.05, 4.69) is 18.9 Å². The van der Waals surface area contributed by atoms with Gasteiger partial charge in [-0.3, -0.25) is 4.68 Å². The van der Waals surface area contributed by atoms with E-state index in [4.69, 9.17) is 11.6 Å². The van der Waals surface area contributed by atoms with Crippen LogP contribution < -0.4 is 0 Å². The average molecular weight is 173 g/mol. The van der Waals surface area contributed by atoms with Gasteiger partial charge in [0.05, 0.1) is 11.6 Å². The highest BCUT2D eigenvalue weighted by molar-refractivity contribution is 6.20. The lowest BCUT2D eigenvalue weighted by Crippen LogP contribution is -1.99. The highest BCUT2D eigenvalue weighted by Gasteiger charge is 2.05. The van der Waals surface area contributed by atoms with E-state index in [0.717, 1.165) is 5.56 Å². The predicted octanol–water partition coefficient (Wildman–Crippen LogP) is 2.76. The van der Waals surface area contributed by atoms with Crippen LogP contribution in [0.1, 0.15) is 37.8 Å². The van der Waals surface area contributed by atoms with Gasteiger partial charge in [-0.2, -0.15) is 5.10 Å². The molecule has 62 valence electrons. The second-order valence-corrected chi connectivity index (χ2v) is 3.62. The van der Waals surface area contributed by atoms with Crippen molar-refractivity contribution < 1.29 is 0 Å². The Kier molecular flexibility index (Phi) is 2.55. The molecule has 0 aromatic carbocycles. The van der Waals surface area contributed by atoms with Gasteiger partial charge in [0.15, 0.2) is 0 Å². The molecule has 1 atom stereocenters. The van der Waals surface area contributed by atoms with Crippen LogP contribution in [0.5, 0.6) is 0 Å². The van der Waals surface area contributed by atoms with Crippen LogP contribution in [0.3, 0.4) is 0 Å². The third-order valence-corrected chi connectivity index (χ3v) is 1.86. The van der Waals surface area contributed by atoms with Gasteiger partial charge in [0.1, 0.15) is 0 Å². The number of alkyl halides is 1. The molecule has 0 aliphatic heterocycles. The normalized spacial score (nSPS) is 13.9. The van der Waals surface area contributed by atoms with Gasteiger partial charge in [0, 0.05) is 17.8 Å². The molecule has 0 aliphatic rings. The van der Waals surface area contributed by atoms with Crippen molar-refractivity contribution >= 4 is 11.6 Å². The number of rotatable bonds is 2. The molecule has 0 radical (unpaired) electrons. The minimum Gasteiger partial charge on any atom is -0.270 e. The third-order valence-electron chi connectivity index (χ3n) is 1.61. The molecule has 0 N–H and O–H groups in total. The van der Waals surface area contributed by atoms with Gasteiger partial charge < -0.3 is 0 Å². The molecule has 0 bridgehead atoms. The lowest BCUT2D eigenvalue weighted by Gasteiger charge is -2.03. The predicted molar refractivity (Wildman–Crippen MR) is 46.9 cm³/mol. The second kappa shape index (κ2) is 3.26. The molecule has 1 aromatic rings. The zero-order chi connectivity index (χ0) is 8.43. The van der Waals surface area contributed by atoms with E-state index >= 15 is 0 Å². The summed E-state index contributed by atoms with van der Waals surface area (Å²) in [5.74, 6) is 0. The van der Waals surface area contributed by atoms with E-state index in [-0.39, 0.29) is 5.38 Å². The Morgan fingerprint density at radius 1 is 1.45 bits per heavy atom. The molecular weight excluding hydrogens is 160 g/mol. The van der Waals surface area contributed by atoms with Crippen molar-refractivity contribution in [3.63, 3.8) is 0 Å². The zero-order valence-electron chi connectivity index (χ0n) is 7.08. The van der Waals surface area contributed by atoms with Crippen LogP contribution in [0.15, 0.2) is 12.4 Å². The number of aromatic nitrogens is 2. The van der Waals surface area contributed by atoms with Crippen molar-refractivity contribution in [1.29, 1.82) is 0 Å². The Morgan fingerprint density at radius 3 is 2.36 bits per heavy atom. The van der Waals surface area contributed by atoms with Gasteiger partial charge in [0.2, 0.25) is 0 Å². The van der Waals surface area contributed by atoms with Gasteiger partial charge in [-0.1, -0.05) is 0 Å². The van der Waals surface area contributed by atoms with E-state index in [9.17, 15) is 0 Å². The van der Waals surface area contributed by atoms with E-state index < -0.39 is 0 Å². The van der Waals surface area contributed by atoms with Gasteiger partial charge in [-0.05, 0) is 20.8 Å². The summed E-state index contributed by atoms with van der Waals surface area (Å²) in [6.07, 6.45) is 3.81.